The van der Waals surface area contributed by atoms with Gasteiger partial charge in [-0.25, -0.2) is 8.78 Å². The lowest BCUT2D eigenvalue weighted by molar-refractivity contribution is 0.120. The molecule has 0 bridgehead atoms. The number of para-hydroxylation sites is 1. The molecule has 1 fully saturated rings. The Bertz CT molecular complexity index is 872. The molecule has 130 valence electrons. The molecule has 6 heteroatoms. The summed E-state index contributed by atoms with van der Waals surface area (Å²) in [6, 6.07) is 12.0. The van der Waals surface area contributed by atoms with Crippen molar-refractivity contribution in [1.29, 1.82) is 0 Å². The van der Waals surface area contributed by atoms with Crippen molar-refractivity contribution >= 4 is 11.0 Å². The third kappa shape index (κ3) is 3.55. The van der Waals surface area contributed by atoms with E-state index in [1.807, 2.05) is 24.3 Å². The van der Waals surface area contributed by atoms with Gasteiger partial charge in [-0.05, 0) is 29.8 Å². The van der Waals surface area contributed by atoms with Gasteiger partial charge in [0.2, 0.25) is 0 Å². The van der Waals surface area contributed by atoms with Crippen molar-refractivity contribution in [2.24, 2.45) is 0 Å². The fourth-order valence-electron chi connectivity index (χ4n) is 3.27. The first-order valence-electron chi connectivity index (χ1n) is 8.41. The number of aromatic nitrogens is 1. The zero-order valence-corrected chi connectivity index (χ0v) is 13.8. The summed E-state index contributed by atoms with van der Waals surface area (Å²) in [5.74, 6) is -1.58. The van der Waals surface area contributed by atoms with Crippen molar-refractivity contribution in [3.05, 3.63) is 65.4 Å². The Balaban J connectivity index is 1.34. The average molecular weight is 343 g/mol. The van der Waals surface area contributed by atoms with Crippen molar-refractivity contribution in [1.82, 2.24) is 15.0 Å². The number of benzene rings is 2. The Morgan fingerprint density at radius 2 is 1.60 bits per heavy atom. The van der Waals surface area contributed by atoms with E-state index in [0.29, 0.717) is 6.54 Å². The van der Waals surface area contributed by atoms with Gasteiger partial charge in [0.25, 0.3) is 0 Å². The topological polar surface area (TPSA) is 32.5 Å². The number of piperazine rings is 1. The molecule has 0 spiro atoms. The predicted octanol–water partition coefficient (Wildman–Crippen LogP) is 3.42. The van der Waals surface area contributed by atoms with Gasteiger partial charge in [0.15, 0.2) is 17.2 Å². The lowest BCUT2D eigenvalue weighted by Crippen LogP contribution is -2.45. The lowest BCUT2D eigenvalue weighted by atomic mass is 10.1. The maximum Gasteiger partial charge on any atom is 0.167 e. The fourth-order valence-corrected chi connectivity index (χ4v) is 3.27. The van der Waals surface area contributed by atoms with E-state index in [-0.39, 0.29) is 0 Å². The molecule has 3 aromatic rings. The first-order chi connectivity index (χ1) is 12.2. The van der Waals surface area contributed by atoms with Gasteiger partial charge in [0, 0.05) is 44.7 Å². The van der Waals surface area contributed by atoms with Crippen LogP contribution in [0, 0.1) is 11.6 Å². The molecule has 0 unspecified atom stereocenters. The van der Waals surface area contributed by atoms with Gasteiger partial charge in [0.1, 0.15) is 5.69 Å². The highest BCUT2D eigenvalue weighted by atomic mass is 19.2. The molecular weight excluding hydrogens is 324 g/mol. The minimum absolute atomic E-state index is 0.637. The first-order valence-corrected chi connectivity index (χ1v) is 8.41. The molecule has 0 radical (unpaired) electrons. The maximum absolute atomic E-state index is 13.3. The number of rotatable bonds is 4. The molecule has 1 aromatic heterocycles. The summed E-state index contributed by atoms with van der Waals surface area (Å²) < 4.78 is 31.7. The Hall–Kier alpha value is -2.31. The number of fused-ring (bicyclic) bond motifs is 1. The molecule has 0 aliphatic carbocycles. The molecule has 1 saturated heterocycles. The number of hydrogen-bond donors (Lipinski definition) is 0. The zero-order chi connectivity index (χ0) is 17.2. The van der Waals surface area contributed by atoms with Crippen molar-refractivity contribution in [2.75, 3.05) is 26.2 Å². The summed E-state index contributed by atoms with van der Waals surface area (Å²) in [7, 11) is 0. The molecule has 0 N–H and O–H groups in total. The molecule has 0 saturated carbocycles. The van der Waals surface area contributed by atoms with Crippen molar-refractivity contribution in [3.8, 4) is 0 Å². The van der Waals surface area contributed by atoms with Gasteiger partial charge in [-0.2, -0.15) is 0 Å². The molecule has 2 heterocycles. The van der Waals surface area contributed by atoms with Crippen LogP contribution >= 0.6 is 0 Å². The number of nitrogens with zero attached hydrogens (tertiary/aromatic N) is 3. The lowest BCUT2D eigenvalue weighted by Gasteiger charge is -2.34. The molecule has 4 rings (SSSR count). The molecule has 0 atom stereocenters. The quantitative estimate of drug-likeness (QED) is 0.727. The molecule has 25 heavy (non-hydrogen) atoms. The molecule has 4 nitrogen and oxygen atoms in total. The Labute approximate surface area is 144 Å². The molecule has 1 aliphatic rings. The van der Waals surface area contributed by atoms with E-state index in [9.17, 15) is 8.78 Å². The van der Waals surface area contributed by atoms with E-state index in [1.54, 1.807) is 6.07 Å². The average Bonchev–Trinajstić information content (AvgIpc) is 3.03. The molecule has 0 amide bonds. The third-order valence-corrected chi connectivity index (χ3v) is 4.68. The van der Waals surface area contributed by atoms with Crippen molar-refractivity contribution < 1.29 is 13.3 Å². The Morgan fingerprint density at radius 3 is 2.36 bits per heavy atom. The van der Waals surface area contributed by atoms with E-state index >= 15 is 0 Å². The summed E-state index contributed by atoms with van der Waals surface area (Å²) in [5.41, 5.74) is 2.58. The van der Waals surface area contributed by atoms with E-state index in [0.717, 1.165) is 55.0 Å². The second kappa shape index (κ2) is 6.90. The van der Waals surface area contributed by atoms with Gasteiger partial charge >= 0.3 is 0 Å². The second-order valence-corrected chi connectivity index (χ2v) is 6.43. The van der Waals surface area contributed by atoms with Crippen molar-refractivity contribution in [2.45, 2.75) is 13.1 Å². The van der Waals surface area contributed by atoms with Crippen LogP contribution in [0.5, 0.6) is 0 Å². The molecular formula is C19H19F2N3O. The van der Waals surface area contributed by atoms with Crippen LogP contribution in [-0.2, 0) is 13.1 Å². The highest BCUT2D eigenvalue weighted by molar-refractivity contribution is 5.79. The summed E-state index contributed by atoms with van der Waals surface area (Å²) >= 11 is 0. The normalized spacial score (nSPS) is 16.6. The third-order valence-electron chi connectivity index (χ3n) is 4.68. The summed E-state index contributed by atoms with van der Waals surface area (Å²) in [5, 5.41) is 5.25. The minimum atomic E-state index is -0.798. The first kappa shape index (κ1) is 16.2. The van der Waals surface area contributed by atoms with E-state index < -0.39 is 11.6 Å². The second-order valence-electron chi connectivity index (χ2n) is 6.43. The molecule has 1 aliphatic heterocycles. The van der Waals surface area contributed by atoms with Gasteiger partial charge in [0.05, 0.1) is 0 Å². The largest absolute Gasteiger partial charge is 0.356 e. The summed E-state index contributed by atoms with van der Waals surface area (Å²) in [6.07, 6.45) is 0. The monoisotopic (exact) mass is 343 g/mol. The minimum Gasteiger partial charge on any atom is -0.356 e. The van der Waals surface area contributed by atoms with Gasteiger partial charge in [-0.3, -0.25) is 9.80 Å². The van der Waals surface area contributed by atoms with Crippen LogP contribution in [-0.4, -0.2) is 41.1 Å². The van der Waals surface area contributed by atoms with E-state index in [2.05, 4.69) is 15.0 Å². The van der Waals surface area contributed by atoms with Crippen LogP contribution in [0.25, 0.3) is 11.0 Å². The van der Waals surface area contributed by atoms with Gasteiger partial charge < -0.3 is 4.52 Å². The Morgan fingerprint density at radius 1 is 0.880 bits per heavy atom. The molecule has 2 aromatic carbocycles. The standard InChI is InChI=1S/C19H19F2N3O/c20-16-6-5-14(11-17(16)21)12-23-7-9-24(10-8-23)13-18-15-3-1-2-4-19(15)25-22-18/h1-6,11H,7-10,12-13H2. The SMILES string of the molecule is Fc1ccc(CN2CCN(Cc3noc4ccccc34)CC2)cc1F. The van der Waals surface area contributed by atoms with Crippen molar-refractivity contribution in [3.63, 3.8) is 0 Å². The van der Waals surface area contributed by atoms with Crippen LogP contribution in [0.4, 0.5) is 8.78 Å². The fraction of sp³-hybridized carbons (Fsp3) is 0.316. The van der Waals surface area contributed by atoms with Gasteiger partial charge in [-0.1, -0.05) is 23.4 Å². The van der Waals surface area contributed by atoms with Crippen LogP contribution < -0.4 is 0 Å². The summed E-state index contributed by atoms with van der Waals surface area (Å²) in [6.45, 7) is 4.98. The van der Waals surface area contributed by atoms with Crippen LogP contribution in [0.15, 0.2) is 47.0 Å². The highest BCUT2D eigenvalue weighted by Crippen LogP contribution is 2.20. The number of halogens is 2. The van der Waals surface area contributed by atoms with Gasteiger partial charge in [-0.15, -0.1) is 0 Å². The van der Waals surface area contributed by atoms with E-state index in [1.165, 1.54) is 12.1 Å². The number of hydrogen-bond acceptors (Lipinski definition) is 4. The summed E-state index contributed by atoms with van der Waals surface area (Å²) in [4.78, 5) is 4.59. The Kier molecular flexibility index (Phi) is 4.46. The van der Waals surface area contributed by atoms with E-state index in [4.69, 9.17) is 4.52 Å². The zero-order valence-electron chi connectivity index (χ0n) is 13.8. The van der Waals surface area contributed by atoms with Crippen LogP contribution in [0.3, 0.4) is 0 Å². The van der Waals surface area contributed by atoms with Crippen LogP contribution in [0.1, 0.15) is 11.3 Å². The smallest absolute Gasteiger partial charge is 0.167 e. The van der Waals surface area contributed by atoms with Crippen LogP contribution in [0.2, 0.25) is 0 Å². The predicted molar refractivity (Wildman–Crippen MR) is 90.9 cm³/mol. The highest BCUT2D eigenvalue weighted by Gasteiger charge is 2.19. The maximum atomic E-state index is 13.3.